The fourth-order valence-corrected chi connectivity index (χ4v) is 1.43. The standard InChI is InChI=1S/C12H23N5O/c1-5-9-15-10(8(3)11(16-9)17-13)14-7-12(4,18)6-2/h18H,5-7,13H2,1-4H3,(H2,14,15,16,17). The SMILES string of the molecule is CCc1nc(NN)c(C)c(NCC(C)(O)CC)n1. The van der Waals surface area contributed by atoms with Crippen LogP contribution >= 0.6 is 0 Å². The highest BCUT2D eigenvalue weighted by Crippen LogP contribution is 2.20. The van der Waals surface area contributed by atoms with Crippen LogP contribution in [0.2, 0.25) is 0 Å². The molecule has 0 aromatic carbocycles. The number of aromatic nitrogens is 2. The van der Waals surface area contributed by atoms with Crippen molar-refractivity contribution in [2.24, 2.45) is 5.84 Å². The molecule has 0 saturated heterocycles. The minimum Gasteiger partial charge on any atom is -0.388 e. The van der Waals surface area contributed by atoms with Gasteiger partial charge in [0.25, 0.3) is 0 Å². The molecule has 1 aromatic heterocycles. The van der Waals surface area contributed by atoms with Gasteiger partial charge in [-0.15, -0.1) is 0 Å². The minimum atomic E-state index is -0.750. The van der Waals surface area contributed by atoms with Gasteiger partial charge in [0.2, 0.25) is 0 Å². The molecule has 0 amide bonds. The van der Waals surface area contributed by atoms with Crippen molar-refractivity contribution in [3.63, 3.8) is 0 Å². The van der Waals surface area contributed by atoms with Gasteiger partial charge in [-0.3, -0.25) is 0 Å². The molecule has 0 bridgehead atoms. The lowest BCUT2D eigenvalue weighted by atomic mass is 10.0. The van der Waals surface area contributed by atoms with E-state index in [1.807, 2.05) is 20.8 Å². The van der Waals surface area contributed by atoms with Gasteiger partial charge in [-0.25, -0.2) is 15.8 Å². The zero-order valence-corrected chi connectivity index (χ0v) is 11.5. The van der Waals surface area contributed by atoms with Gasteiger partial charge in [0.1, 0.15) is 17.5 Å². The van der Waals surface area contributed by atoms with Gasteiger partial charge in [-0.2, -0.15) is 0 Å². The fraction of sp³-hybridized carbons (Fsp3) is 0.667. The Labute approximate surface area is 108 Å². The third-order valence-corrected chi connectivity index (χ3v) is 3.04. The number of nitrogens with two attached hydrogens (primary N) is 1. The number of hydrogen-bond donors (Lipinski definition) is 4. The molecule has 0 spiro atoms. The van der Waals surface area contributed by atoms with Crippen LogP contribution in [0.25, 0.3) is 0 Å². The molecule has 1 heterocycles. The van der Waals surface area contributed by atoms with E-state index in [1.165, 1.54) is 0 Å². The molecule has 18 heavy (non-hydrogen) atoms. The maximum atomic E-state index is 9.98. The van der Waals surface area contributed by atoms with Crippen LogP contribution in [0.15, 0.2) is 0 Å². The Morgan fingerprint density at radius 3 is 2.39 bits per heavy atom. The summed E-state index contributed by atoms with van der Waals surface area (Å²) in [6, 6.07) is 0. The summed E-state index contributed by atoms with van der Waals surface area (Å²) >= 11 is 0. The molecule has 0 aliphatic heterocycles. The Balaban J connectivity index is 2.94. The van der Waals surface area contributed by atoms with Crippen molar-refractivity contribution < 1.29 is 5.11 Å². The molecule has 1 rings (SSSR count). The predicted octanol–water partition coefficient (Wildman–Crippen LogP) is 1.21. The van der Waals surface area contributed by atoms with E-state index < -0.39 is 5.60 Å². The van der Waals surface area contributed by atoms with Gasteiger partial charge < -0.3 is 15.8 Å². The van der Waals surface area contributed by atoms with Crippen molar-refractivity contribution in [2.75, 3.05) is 17.3 Å². The molecule has 5 N–H and O–H groups in total. The first-order chi connectivity index (χ1) is 8.43. The summed E-state index contributed by atoms with van der Waals surface area (Å²) in [5.41, 5.74) is 2.67. The number of hydrazine groups is 1. The number of rotatable bonds is 6. The molecule has 1 aromatic rings. The first kappa shape index (κ1) is 14.7. The molecule has 6 nitrogen and oxygen atoms in total. The second-order valence-corrected chi connectivity index (χ2v) is 4.66. The Morgan fingerprint density at radius 2 is 1.89 bits per heavy atom. The lowest BCUT2D eigenvalue weighted by Crippen LogP contribution is -2.33. The van der Waals surface area contributed by atoms with Crippen LogP contribution in [0.4, 0.5) is 11.6 Å². The first-order valence-electron chi connectivity index (χ1n) is 6.24. The van der Waals surface area contributed by atoms with Crippen LogP contribution < -0.4 is 16.6 Å². The van der Waals surface area contributed by atoms with Crippen molar-refractivity contribution in [2.45, 2.75) is 46.1 Å². The first-order valence-corrected chi connectivity index (χ1v) is 6.24. The average molecular weight is 253 g/mol. The normalized spacial score (nSPS) is 14.1. The number of nitrogen functional groups attached to an aromatic ring is 1. The lowest BCUT2D eigenvalue weighted by Gasteiger charge is -2.23. The van der Waals surface area contributed by atoms with E-state index >= 15 is 0 Å². The van der Waals surface area contributed by atoms with Gasteiger partial charge in [-0.1, -0.05) is 13.8 Å². The summed E-state index contributed by atoms with van der Waals surface area (Å²) in [6.07, 6.45) is 1.40. The van der Waals surface area contributed by atoms with E-state index in [4.69, 9.17) is 5.84 Å². The highest BCUT2D eigenvalue weighted by molar-refractivity contribution is 5.56. The Hall–Kier alpha value is -1.40. The second kappa shape index (κ2) is 5.97. The molecular weight excluding hydrogens is 230 g/mol. The van der Waals surface area contributed by atoms with Crippen molar-refractivity contribution in [3.05, 3.63) is 11.4 Å². The summed E-state index contributed by atoms with van der Waals surface area (Å²) in [7, 11) is 0. The Morgan fingerprint density at radius 1 is 1.28 bits per heavy atom. The third kappa shape index (κ3) is 3.54. The molecule has 1 atom stereocenters. The minimum absolute atomic E-state index is 0.439. The van der Waals surface area contributed by atoms with Crippen LogP contribution in [0.5, 0.6) is 0 Å². The summed E-state index contributed by atoms with van der Waals surface area (Å²) < 4.78 is 0. The van der Waals surface area contributed by atoms with Crippen LogP contribution in [0.3, 0.4) is 0 Å². The van der Waals surface area contributed by atoms with Gasteiger partial charge in [0.15, 0.2) is 0 Å². The van der Waals surface area contributed by atoms with Crippen LogP contribution in [0.1, 0.15) is 38.6 Å². The molecule has 0 radical (unpaired) electrons. The maximum absolute atomic E-state index is 9.98. The van der Waals surface area contributed by atoms with Gasteiger partial charge in [0, 0.05) is 18.5 Å². The van der Waals surface area contributed by atoms with Gasteiger partial charge in [-0.05, 0) is 20.3 Å². The molecular formula is C12H23N5O. The topological polar surface area (TPSA) is 96.1 Å². The highest BCUT2D eigenvalue weighted by atomic mass is 16.3. The molecule has 1 unspecified atom stereocenters. The Kier molecular flexibility index (Phi) is 4.86. The number of hydrogen-bond acceptors (Lipinski definition) is 6. The zero-order chi connectivity index (χ0) is 13.8. The Bertz CT molecular complexity index is 406. The molecule has 0 aliphatic rings. The lowest BCUT2D eigenvalue weighted by molar-refractivity contribution is 0.0696. The van der Waals surface area contributed by atoms with Crippen LogP contribution in [-0.2, 0) is 6.42 Å². The van der Waals surface area contributed by atoms with Crippen molar-refractivity contribution in [1.82, 2.24) is 9.97 Å². The van der Waals surface area contributed by atoms with E-state index in [9.17, 15) is 5.11 Å². The number of aliphatic hydroxyl groups is 1. The highest BCUT2D eigenvalue weighted by Gasteiger charge is 2.18. The fourth-order valence-electron chi connectivity index (χ4n) is 1.43. The van der Waals surface area contributed by atoms with E-state index in [1.54, 1.807) is 6.92 Å². The predicted molar refractivity (Wildman–Crippen MR) is 73.4 cm³/mol. The molecule has 0 saturated carbocycles. The van der Waals surface area contributed by atoms with Crippen LogP contribution in [-0.4, -0.2) is 27.2 Å². The number of aryl methyl sites for hydroxylation is 1. The van der Waals surface area contributed by atoms with Crippen LogP contribution in [0, 0.1) is 6.92 Å². The molecule has 102 valence electrons. The number of nitrogens with zero attached hydrogens (tertiary/aromatic N) is 2. The molecule has 0 fully saturated rings. The number of anilines is 2. The van der Waals surface area contributed by atoms with Crippen molar-refractivity contribution in [1.29, 1.82) is 0 Å². The summed E-state index contributed by atoms with van der Waals surface area (Å²) in [6.45, 7) is 8.04. The third-order valence-electron chi connectivity index (χ3n) is 3.04. The maximum Gasteiger partial charge on any atom is 0.148 e. The largest absolute Gasteiger partial charge is 0.388 e. The number of nitrogens with one attached hydrogen (secondary N) is 2. The monoisotopic (exact) mass is 253 g/mol. The van der Waals surface area contributed by atoms with E-state index in [-0.39, 0.29) is 0 Å². The summed E-state index contributed by atoms with van der Waals surface area (Å²) in [4.78, 5) is 8.69. The zero-order valence-electron chi connectivity index (χ0n) is 11.5. The summed E-state index contributed by atoms with van der Waals surface area (Å²) in [5.74, 6) is 7.47. The van der Waals surface area contributed by atoms with E-state index in [0.717, 1.165) is 12.0 Å². The van der Waals surface area contributed by atoms with Crippen molar-refractivity contribution in [3.8, 4) is 0 Å². The van der Waals surface area contributed by atoms with Crippen molar-refractivity contribution >= 4 is 11.6 Å². The van der Waals surface area contributed by atoms with Gasteiger partial charge >= 0.3 is 0 Å². The van der Waals surface area contributed by atoms with Gasteiger partial charge in [0.05, 0.1) is 5.60 Å². The second-order valence-electron chi connectivity index (χ2n) is 4.66. The molecule has 6 heteroatoms. The van der Waals surface area contributed by atoms with E-state index in [0.29, 0.717) is 30.4 Å². The average Bonchev–Trinajstić information content (AvgIpc) is 2.37. The molecule has 0 aliphatic carbocycles. The van der Waals surface area contributed by atoms with E-state index in [2.05, 4.69) is 20.7 Å². The summed E-state index contributed by atoms with van der Waals surface area (Å²) in [5, 5.41) is 13.1. The quantitative estimate of drug-likeness (QED) is 0.449. The smallest absolute Gasteiger partial charge is 0.148 e.